The number of halogens is 1. The monoisotopic (exact) mass is 358 g/mol. The number of amides is 2. The lowest BCUT2D eigenvalue weighted by molar-refractivity contribution is -0.885. The molecule has 5 nitrogen and oxygen atoms in total. The number of nitrogens with zero attached hydrogens (tertiary/aromatic N) is 1. The van der Waals surface area contributed by atoms with Gasteiger partial charge in [-0.1, -0.05) is 12.1 Å². The van der Waals surface area contributed by atoms with Crippen LogP contribution in [0.15, 0.2) is 48.5 Å². The molecule has 6 heteroatoms. The molecule has 0 aromatic heterocycles. The van der Waals surface area contributed by atoms with E-state index in [1.54, 1.807) is 36.2 Å². The minimum absolute atomic E-state index is 0.0152. The summed E-state index contributed by atoms with van der Waals surface area (Å²) >= 11 is 0. The predicted octanol–water partition coefficient (Wildman–Crippen LogP) is 1.25. The number of benzene rings is 2. The van der Waals surface area contributed by atoms with Crippen LogP contribution in [0.25, 0.3) is 0 Å². The Hall–Kier alpha value is -2.73. The van der Waals surface area contributed by atoms with Gasteiger partial charge in [0.2, 0.25) is 0 Å². The van der Waals surface area contributed by atoms with Gasteiger partial charge in [-0.15, -0.1) is 0 Å². The van der Waals surface area contributed by atoms with Gasteiger partial charge in [-0.25, -0.2) is 4.39 Å². The van der Waals surface area contributed by atoms with Crippen molar-refractivity contribution in [3.63, 3.8) is 0 Å². The average Bonchev–Trinajstić information content (AvgIpc) is 2.63. The van der Waals surface area contributed by atoms with Gasteiger partial charge < -0.3 is 15.1 Å². The van der Waals surface area contributed by atoms with Crippen molar-refractivity contribution >= 4 is 17.5 Å². The van der Waals surface area contributed by atoms with Crippen LogP contribution in [0.5, 0.6) is 0 Å². The molecule has 0 aliphatic rings. The van der Waals surface area contributed by atoms with Crippen LogP contribution in [0, 0.1) is 5.82 Å². The first-order valence-corrected chi connectivity index (χ1v) is 8.62. The highest BCUT2D eigenvalue weighted by molar-refractivity contribution is 5.94. The second-order valence-corrected chi connectivity index (χ2v) is 6.20. The molecular formula is C20H25FN3O2+. The molecule has 2 aromatic carbocycles. The van der Waals surface area contributed by atoms with Crippen LogP contribution in [0.4, 0.5) is 10.1 Å². The molecule has 2 N–H and O–H groups in total. The summed E-state index contributed by atoms with van der Waals surface area (Å²) in [5.41, 5.74) is 2.35. The van der Waals surface area contributed by atoms with E-state index in [4.69, 9.17) is 0 Å². The van der Waals surface area contributed by atoms with Gasteiger partial charge in [-0.3, -0.25) is 9.59 Å². The van der Waals surface area contributed by atoms with Crippen molar-refractivity contribution in [3.8, 4) is 0 Å². The number of quaternary nitrogens is 1. The van der Waals surface area contributed by atoms with Crippen molar-refractivity contribution in [1.82, 2.24) is 5.32 Å². The SMILES string of the molecule is CCN(C(=O)C[NH+](C)Cc1ccc(C(=O)NC)cc1)c1ccc(F)cc1. The highest BCUT2D eigenvalue weighted by atomic mass is 19.1. The molecule has 138 valence electrons. The molecule has 26 heavy (non-hydrogen) atoms. The van der Waals surface area contributed by atoms with Crippen molar-refractivity contribution in [2.45, 2.75) is 13.5 Å². The van der Waals surface area contributed by atoms with Gasteiger partial charge in [-0.2, -0.15) is 0 Å². The molecule has 0 bridgehead atoms. The number of hydrogen-bond donors (Lipinski definition) is 2. The summed E-state index contributed by atoms with van der Waals surface area (Å²) in [5, 5.41) is 2.59. The van der Waals surface area contributed by atoms with Crippen molar-refractivity contribution in [3.05, 3.63) is 65.5 Å². The van der Waals surface area contributed by atoms with Crippen LogP contribution in [0.1, 0.15) is 22.8 Å². The summed E-state index contributed by atoms with van der Waals surface area (Å²) in [5.74, 6) is -0.455. The number of hydrogen-bond acceptors (Lipinski definition) is 2. The Balaban J connectivity index is 1.97. The molecule has 0 saturated heterocycles. The standard InChI is InChI=1S/C20H24FN3O2/c1-4-24(18-11-9-17(21)10-12-18)19(25)14-23(3)13-15-5-7-16(8-6-15)20(26)22-2/h5-12H,4,13-14H2,1-3H3,(H,22,26)/p+1. The Kier molecular flexibility index (Phi) is 6.86. The summed E-state index contributed by atoms with van der Waals surface area (Å²) in [6.07, 6.45) is 0. The van der Waals surface area contributed by atoms with Crippen LogP contribution in [-0.4, -0.2) is 39.0 Å². The number of carbonyl (C=O) groups excluding carboxylic acids is 2. The van der Waals surface area contributed by atoms with E-state index in [9.17, 15) is 14.0 Å². The Morgan fingerprint density at radius 2 is 1.69 bits per heavy atom. The van der Waals surface area contributed by atoms with Crippen LogP contribution in [0.3, 0.4) is 0 Å². The molecule has 2 aromatic rings. The molecule has 2 amide bonds. The molecule has 0 fully saturated rings. The van der Waals surface area contributed by atoms with E-state index in [1.165, 1.54) is 12.1 Å². The normalized spacial score (nSPS) is 11.7. The van der Waals surface area contributed by atoms with Gasteiger partial charge in [0.1, 0.15) is 12.4 Å². The number of rotatable bonds is 7. The first-order valence-electron chi connectivity index (χ1n) is 8.62. The van der Waals surface area contributed by atoms with Gasteiger partial charge in [-0.05, 0) is 43.3 Å². The Morgan fingerprint density at radius 1 is 1.08 bits per heavy atom. The van der Waals surface area contributed by atoms with Crippen molar-refractivity contribution in [2.24, 2.45) is 0 Å². The summed E-state index contributed by atoms with van der Waals surface area (Å²) < 4.78 is 13.1. The fraction of sp³-hybridized carbons (Fsp3) is 0.300. The molecule has 0 radical (unpaired) electrons. The zero-order valence-electron chi connectivity index (χ0n) is 15.4. The van der Waals surface area contributed by atoms with Crippen LogP contribution >= 0.6 is 0 Å². The molecule has 2 rings (SSSR count). The maximum Gasteiger partial charge on any atom is 0.282 e. The minimum atomic E-state index is -0.319. The smallest absolute Gasteiger partial charge is 0.282 e. The first-order chi connectivity index (χ1) is 12.4. The summed E-state index contributed by atoms with van der Waals surface area (Å²) in [6, 6.07) is 13.3. The number of likely N-dealkylation sites (N-methyl/N-ethyl adjacent to an activating group) is 2. The number of nitrogens with one attached hydrogen (secondary N) is 2. The topological polar surface area (TPSA) is 53.9 Å². The quantitative estimate of drug-likeness (QED) is 0.783. The van der Waals surface area contributed by atoms with E-state index < -0.39 is 0 Å². The second kappa shape index (κ2) is 9.10. The molecule has 0 aliphatic carbocycles. The zero-order valence-corrected chi connectivity index (χ0v) is 15.4. The Morgan fingerprint density at radius 3 is 2.23 bits per heavy atom. The third-order valence-corrected chi connectivity index (χ3v) is 4.16. The van der Waals surface area contributed by atoms with Crippen LogP contribution in [-0.2, 0) is 11.3 Å². The minimum Gasteiger partial charge on any atom is -0.355 e. The summed E-state index contributed by atoms with van der Waals surface area (Å²) in [6.45, 7) is 3.41. The van der Waals surface area contributed by atoms with Crippen LogP contribution in [0.2, 0.25) is 0 Å². The molecule has 1 atom stereocenters. The first kappa shape index (κ1) is 19.6. The highest BCUT2D eigenvalue weighted by Gasteiger charge is 2.18. The zero-order chi connectivity index (χ0) is 19.1. The van der Waals surface area contributed by atoms with E-state index in [0.717, 1.165) is 10.5 Å². The lowest BCUT2D eigenvalue weighted by atomic mass is 10.1. The highest BCUT2D eigenvalue weighted by Crippen LogP contribution is 2.14. The van der Waals surface area contributed by atoms with E-state index in [2.05, 4.69) is 5.32 Å². The molecule has 0 aliphatic heterocycles. The number of carbonyl (C=O) groups is 2. The Bertz CT molecular complexity index is 745. The van der Waals surface area contributed by atoms with Gasteiger partial charge in [0.05, 0.1) is 7.05 Å². The second-order valence-electron chi connectivity index (χ2n) is 6.20. The number of anilines is 1. The lowest BCUT2D eigenvalue weighted by Gasteiger charge is -2.23. The van der Waals surface area contributed by atoms with Crippen molar-refractivity contribution in [2.75, 3.05) is 32.1 Å². The fourth-order valence-electron chi connectivity index (χ4n) is 2.81. The summed E-state index contributed by atoms with van der Waals surface area (Å²) in [7, 11) is 3.55. The van der Waals surface area contributed by atoms with Crippen LogP contribution < -0.4 is 15.1 Å². The predicted molar refractivity (Wildman–Crippen MR) is 99.7 cm³/mol. The third kappa shape index (κ3) is 5.13. The Labute approximate surface area is 153 Å². The summed E-state index contributed by atoms with van der Waals surface area (Å²) in [4.78, 5) is 26.8. The largest absolute Gasteiger partial charge is 0.355 e. The van der Waals surface area contributed by atoms with Gasteiger partial charge in [0, 0.05) is 30.4 Å². The molecular weight excluding hydrogens is 333 g/mol. The van der Waals surface area contributed by atoms with E-state index in [1.807, 2.05) is 26.1 Å². The fourth-order valence-corrected chi connectivity index (χ4v) is 2.81. The average molecular weight is 358 g/mol. The lowest BCUT2D eigenvalue weighted by Crippen LogP contribution is -3.09. The van der Waals surface area contributed by atoms with Gasteiger partial charge >= 0.3 is 0 Å². The molecule has 1 unspecified atom stereocenters. The van der Waals surface area contributed by atoms with Crippen molar-refractivity contribution < 1.29 is 18.9 Å². The third-order valence-electron chi connectivity index (χ3n) is 4.16. The van der Waals surface area contributed by atoms with Crippen molar-refractivity contribution in [1.29, 1.82) is 0 Å². The maximum atomic E-state index is 13.1. The molecule has 0 heterocycles. The van der Waals surface area contributed by atoms with Gasteiger partial charge in [0.25, 0.3) is 11.8 Å². The molecule has 0 spiro atoms. The van der Waals surface area contributed by atoms with E-state index >= 15 is 0 Å². The van der Waals surface area contributed by atoms with Gasteiger partial charge in [0.15, 0.2) is 6.54 Å². The maximum absolute atomic E-state index is 13.1. The van der Waals surface area contributed by atoms with E-state index in [-0.39, 0.29) is 17.6 Å². The van der Waals surface area contributed by atoms with E-state index in [0.29, 0.717) is 30.9 Å². The molecule has 0 saturated carbocycles.